The Bertz CT molecular complexity index is 592. The van der Waals surface area contributed by atoms with E-state index >= 15 is 0 Å². The maximum atomic E-state index is 12.1. The molecule has 2 aromatic rings. The van der Waals surface area contributed by atoms with Crippen LogP contribution in [0.5, 0.6) is 5.88 Å². The zero-order chi connectivity index (χ0) is 13.8. The lowest BCUT2D eigenvalue weighted by molar-refractivity contribution is 0.0987. The predicted octanol–water partition coefficient (Wildman–Crippen LogP) is 2.53. The summed E-state index contributed by atoms with van der Waals surface area (Å²) in [5.74, 6) is 0.368. The van der Waals surface area contributed by atoms with Gasteiger partial charge in [0.1, 0.15) is 5.69 Å². The Hall–Kier alpha value is -2.23. The minimum absolute atomic E-state index is 0.0381. The summed E-state index contributed by atoms with van der Waals surface area (Å²) >= 11 is 0. The summed E-state index contributed by atoms with van der Waals surface area (Å²) in [5, 5.41) is 7.68. The quantitative estimate of drug-likeness (QED) is 0.789. The van der Waals surface area contributed by atoms with E-state index in [1.807, 2.05) is 32.0 Å². The number of rotatable bonds is 4. The van der Waals surface area contributed by atoms with Crippen LogP contribution < -0.4 is 4.74 Å². The van der Waals surface area contributed by atoms with Gasteiger partial charge in [-0.05, 0) is 31.0 Å². The topological polar surface area (TPSA) is 52.1 Å². The van der Waals surface area contributed by atoms with Crippen molar-refractivity contribution in [1.82, 2.24) is 10.2 Å². The van der Waals surface area contributed by atoms with E-state index in [-0.39, 0.29) is 5.78 Å². The summed E-state index contributed by atoms with van der Waals surface area (Å²) in [5.41, 5.74) is 3.65. The predicted molar refractivity (Wildman–Crippen MR) is 72.5 cm³/mol. The Kier molecular flexibility index (Phi) is 3.90. The average Bonchev–Trinajstić information content (AvgIpc) is 2.43. The van der Waals surface area contributed by atoms with Gasteiger partial charge in [0.15, 0.2) is 5.78 Å². The first-order chi connectivity index (χ1) is 9.10. The highest BCUT2D eigenvalue weighted by Gasteiger charge is 2.11. The molecule has 0 aliphatic heterocycles. The van der Waals surface area contributed by atoms with Gasteiger partial charge < -0.3 is 4.74 Å². The molecule has 1 aromatic carbocycles. The number of Topliss-reactive ketones (excluding diaryl/α,β-unsaturated/α-hetero) is 1. The third-order valence-electron chi connectivity index (χ3n) is 2.99. The highest BCUT2D eigenvalue weighted by atomic mass is 16.5. The Labute approximate surface area is 112 Å². The number of benzene rings is 1. The third-order valence-corrected chi connectivity index (χ3v) is 2.99. The monoisotopic (exact) mass is 256 g/mol. The number of ether oxygens (including phenoxy) is 1. The van der Waals surface area contributed by atoms with Crippen molar-refractivity contribution >= 4 is 5.78 Å². The number of nitrogens with zero attached hydrogens (tertiary/aromatic N) is 2. The van der Waals surface area contributed by atoms with Crippen molar-refractivity contribution in [3.8, 4) is 5.88 Å². The Morgan fingerprint density at radius 2 is 1.95 bits per heavy atom. The lowest BCUT2D eigenvalue weighted by atomic mass is 10.00. The molecule has 1 heterocycles. The number of hydrogen-bond donors (Lipinski definition) is 0. The molecule has 0 saturated carbocycles. The second-order valence-corrected chi connectivity index (χ2v) is 4.49. The molecule has 0 atom stereocenters. The van der Waals surface area contributed by atoms with E-state index < -0.39 is 0 Å². The molecule has 0 spiro atoms. The highest BCUT2D eigenvalue weighted by Crippen LogP contribution is 2.14. The van der Waals surface area contributed by atoms with Crippen LogP contribution in [0.15, 0.2) is 30.3 Å². The molecule has 2 rings (SSSR count). The van der Waals surface area contributed by atoms with Crippen molar-refractivity contribution in [3.63, 3.8) is 0 Å². The molecule has 0 unspecified atom stereocenters. The molecular weight excluding hydrogens is 240 g/mol. The van der Waals surface area contributed by atoms with Crippen molar-refractivity contribution in [2.45, 2.75) is 20.3 Å². The van der Waals surface area contributed by atoms with Gasteiger partial charge in [-0.15, -0.1) is 10.2 Å². The molecule has 0 saturated heterocycles. The van der Waals surface area contributed by atoms with Crippen molar-refractivity contribution in [2.75, 3.05) is 7.11 Å². The van der Waals surface area contributed by atoms with Gasteiger partial charge >= 0.3 is 0 Å². The lowest BCUT2D eigenvalue weighted by Gasteiger charge is -2.06. The Morgan fingerprint density at radius 1 is 1.16 bits per heavy atom. The zero-order valence-corrected chi connectivity index (χ0v) is 11.3. The van der Waals surface area contributed by atoms with E-state index in [9.17, 15) is 4.79 Å². The van der Waals surface area contributed by atoms with E-state index in [0.29, 0.717) is 18.0 Å². The summed E-state index contributed by atoms with van der Waals surface area (Å²) < 4.78 is 4.92. The molecule has 0 radical (unpaired) electrons. The van der Waals surface area contributed by atoms with Crippen LogP contribution in [-0.2, 0) is 6.42 Å². The Morgan fingerprint density at radius 3 is 2.58 bits per heavy atom. The largest absolute Gasteiger partial charge is 0.480 e. The maximum Gasteiger partial charge on any atom is 0.233 e. The molecule has 0 fully saturated rings. The van der Waals surface area contributed by atoms with Crippen molar-refractivity contribution in [1.29, 1.82) is 0 Å². The molecule has 1 aromatic heterocycles. The number of carbonyl (C=O) groups excluding carboxylic acids is 1. The molecule has 98 valence electrons. The van der Waals surface area contributed by atoms with Gasteiger partial charge in [0.2, 0.25) is 5.88 Å². The fourth-order valence-corrected chi connectivity index (χ4v) is 1.83. The molecule has 0 aliphatic rings. The van der Waals surface area contributed by atoms with E-state index in [1.165, 1.54) is 7.11 Å². The number of ketones is 1. The van der Waals surface area contributed by atoms with Crippen LogP contribution in [0.25, 0.3) is 0 Å². The van der Waals surface area contributed by atoms with Gasteiger partial charge in [-0.25, -0.2) is 0 Å². The molecule has 4 heteroatoms. The van der Waals surface area contributed by atoms with Crippen molar-refractivity contribution < 1.29 is 9.53 Å². The smallest absolute Gasteiger partial charge is 0.233 e. The summed E-state index contributed by atoms with van der Waals surface area (Å²) in [4.78, 5) is 12.1. The van der Waals surface area contributed by atoms with Crippen LogP contribution in [0.4, 0.5) is 0 Å². The number of methoxy groups -OCH3 is 1. The highest BCUT2D eigenvalue weighted by molar-refractivity contribution is 5.95. The van der Waals surface area contributed by atoms with Crippen molar-refractivity contribution in [3.05, 3.63) is 52.7 Å². The van der Waals surface area contributed by atoms with Crippen LogP contribution in [-0.4, -0.2) is 23.1 Å². The number of carbonyl (C=O) groups is 1. The fourth-order valence-electron chi connectivity index (χ4n) is 1.83. The molecule has 19 heavy (non-hydrogen) atoms. The first-order valence-corrected chi connectivity index (χ1v) is 6.07. The number of aromatic nitrogens is 2. The van der Waals surface area contributed by atoms with Gasteiger partial charge in [0, 0.05) is 12.5 Å². The molecule has 0 bridgehead atoms. The first kappa shape index (κ1) is 13.2. The van der Waals surface area contributed by atoms with Crippen LogP contribution in [0.2, 0.25) is 0 Å². The molecule has 0 aliphatic carbocycles. The molecule has 0 amide bonds. The van der Waals surface area contributed by atoms with Crippen LogP contribution in [0.1, 0.15) is 27.2 Å². The second-order valence-electron chi connectivity index (χ2n) is 4.49. The summed E-state index contributed by atoms with van der Waals surface area (Å²) in [6, 6.07) is 9.38. The van der Waals surface area contributed by atoms with E-state index in [4.69, 9.17) is 4.74 Å². The SMILES string of the molecule is COc1ccc(C(=O)Cc2cc(C)ccc2C)nn1. The Balaban J connectivity index is 2.18. The van der Waals surface area contributed by atoms with Gasteiger partial charge in [-0.3, -0.25) is 4.79 Å². The van der Waals surface area contributed by atoms with Gasteiger partial charge in [-0.2, -0.15) is 0 Å². The van der Waals surface area contributed by atoms with Gasteiger partial charge in [-0.1, -0.05) is 23.8 Å². The standard InChI is InChI=1S/C15H16N2O2/c1-10-4-5-11(2)12(8-10)9-14(18)13-6-7-15(19-3)17-16-13/h4-8H,9H2,1-3H3. The summed E-state index contributed by atoms with van der Waals surface area (Å²) in [7, 11) is 1.52. The summed E-state index contributed by atoms with van der Waals surface area (Å²) in [6.45, 7) is 4.02. The second kappa shape index (κ2) is 5.61. The fraction of sp³-hybridized carbons (Fsp3) is 0.267. The molecular formula is C15H16N2O2. The van der Waals surface area contributed by atoms with Gasteiger partial charge in [0.25, 0.3) is 0 Å². The molecule has 4 nitrogen and oxygen atoms in total. The van der Waals surface area contributed by atoms with Gasteiger partial charge in [0.05, 0.1) is 7.11 Å². The van der Waals surface area contributed by atoms with E-state index in [2.05, 4.69) is 10.2 Å². The van der Waals surface area contributed by atoms with E-state index in [0.717, 1.165) is 16.7 Å². The van der Waals surface area contributed by atoms with Crippen LogP contribution in [0, 0.1) is 13.8 Å². The van der Waals surface area contributed by atoms with E-state index in [1.54, 1.807) is 12.1 Å². The zero-order valence-electron chi connectivity index (χ0n) is 11.3. The van der Waals surface area contributed by atoms with Crippen LogP contribution >= 0.6 is 0 Å². The summed E-state index contributed by atoms with van der Waals surface area (Å²) in [6.07, 6.45) is 0.342. The molecule has 0 N–H and O–H groups in total. The van der Waals surface area contributed by atoms with Crippen LogP contribution in [0.3, 0.4) is 0 Å². The maximum absolute atomic E-state index is 12.1. The van der Waals surface area contributed by atoms with Crippen molar-refractivity contribution in [2.24, 2.45) is 0 Å². The minimum Gasteiger partial charge on any atom is -0.480 e. The third kappa shape index (κ3) is 3.16. The number of aryl methyl sites for hydroxylation is 2. The normalized spacial score (nSPS) is 10.3. The number of hydrogen-bond acceptors (Lipinski definition) is 4. The minimum atomic E-state index is -0.0381. The average molecular weight is 256 g/mol. The lowest BCUT2D eigenvalue weighted by Crippen LogP contribution is -2.08. The first-order valence-electron chi connectivity index (χ1n) is 6.07.